The first kappa shape index (κ1) is 11.9. The molecule has 17 heavy (non-hydrogen) atoms. The number of hydrogen-bond donors (Lipinski definition) is 0. The second-order valence-electron chi connectivity index (χ2n) is 6.74. The molecule has 0 N–H and O–H groups in total. The Hall–Kier alpha value is -0.180. The van der Waals surface area contributed by atoms with Crippen molar-refractivity contribution in [3.63, 3.8) is 0 Å². The molecule has 96 valence electrons. The number of fused-ring (bicyclic) bond motifs is 1. The summed E-state index contributed by atoms with van der Waals surface area (Å²) in [6, 6.07) is 0. The van der Waals surface area contributed by atoms with E-state index in [2.05, 4.69) is 34.6 Å². The van der Waals surface area contributed by atoms with Crippen LogP contribution < -0.4 is 0 Å². The highest BCUT2D eigenvalue weighted by atomic mass is 32.2. The van der Waals surface area contributed by atoms with Crippen LogP contribution in [0.25, 0.3) is 0 Å². The second kappa shape index (κ2) is 3.43. The molecule has 2 bridgehead atoms. The maximum Gasteiger partial charge on any atom is 0.311 e. The van der Waals surface area contributed by atoms with Gasteiger partial charge in [-0.2, -0.15) is 0 Å². The Balaban J connectivity index is 2.05. The third kappa shape index (κ3) is 1.27. The summed E-state index contributed by atoms with van der Waals surface area (Å²) in [5.41, 5.74) is -0.184. The van der Waals surface area contributed by atoms with E-state index < -0.39 is 0 Å². The zero-order valence-corrected chi connectivity index (χ0v) is 12.1. The fourth-order valence-corrected chi connectivity index (χ4v) is 7.30. The number of esters is 1. The van der Waals surface area contributed by atoms with Gasteiger partial charge in [0.25, 0.3) is 0 Å². The third-order valence-electron chi connectivity index (χ3n) is 5.09. The molecule has 0 amide bonds. The van der Waals surface area contributed by atoms with Crippen LogP contribution in [0.2, 0.25) is 0 Å². The average molecular weight is 254 g/mol. The van der Waals surface area contributed by atoms with E-state index in [4.69, 9.17) is 4.74 Å². The van der Waals surface area contributed by atoms with E-state index in [-0.39, 0.29) is 17.5 Å². The first-order chi connectivity index (χ1) is 7.88. The zero-order chi connectivity index (χ0) is 12.5. The maximum atomic E-state index is 12.1. The minimum absolute atomic E-state index is 0.0781. The van der Waals surface area contributed by atoms with E-state index in [9.17, 15) is 4.79 Å². The van der Waals surface area contributed by atoms with Crippen molar-refractivity contribution in [2.45, 2.75) is 50.7 Å². The van der Waals surface area contributed by atoms with Crippen LogP contribution in [0.4, 0.5) is 0 Å². The first-order valence-corrected chi connectivity index (χ1v) is 7.70. The van der Waals surface area contributed by atoms with Crippen LogP contribution in [0.15, 0.2) is 0 Å². The molecule has 0 aliphatic carbocycles. The molecule has 0 saturated carbocycles. The predicted molar refractivity (Wildman–Crippen MR) is 69.8 cm³/mol. The Labute approximate surface area is 108 Å². The molecule has 3 fully saturated rings. The quantitative estimate of drug-likeness (QED) is 0.709. The Morgan fingerprint density at radius 3 is 2.41 bits per heavy atom. The van der Waals surface area contributed by atoms with Crippen molar-refractivity contribution in [2.75, 3.05) is 0 Å². The van der Waals surface area contributed by atoms with Crippen molar-refractivity contribution in [2.24, 2.45) is 29.6 Å². The van der Waals surface area contributed by atoms with Gasteiger partial charge in [-0.3, -0.25) is 4.79 Å². The lowest BCUT2D eigenvalue weighted by Gasteiger charge is -2.40. The minimum Gasteiger partial charge on any atom is -0.458 e. The Morgan fingerprint density at radius 1 is 1.24 bits per heavy atom. The number of carbonyl (C=O) groups excluding carboxylic acids is 1. The molecule has 6 unspecified atom stereocenters. The summed E-state index contributed by atoms with van der Waals surface area (Å²) in [6.07, 6.45) is 0. The van der Waals surface area contributed by atoms with Crippen molar-refractivity contribution in [1.82, 2.24) is 0 Å². The molecule has 0 aromatic carbocycles. The smallest absolute Gasteiger partial charge is 0.311 e. The normalized spacial score (nSPS) is 51.7. The van der Waals surface area contributed by atoms with Crippen LogP contribution in [-0.4, -0.2) is 22.1 Å². The van der Waals surface area contributed by atoms with Crippen LogP contribution in [0.3, 0.4) is 0 Å². The topological polar surface area (TPSA) is 26.3 Å². The van der Waals surface area contributed by atoms with Crippen molar-refractivity contribution in [1.29, 1.82) is 0 Å². The Morgan fingerprint density at radius 2 is 1.88 bits per heavy atom. The summed E-state index contributed by atoms with van der Waals surface area (Å²) in [5.74, 6) is 2.49. The largest absolute Gasteiger partial charge is 0.458 e. The molecule has 3 saturated heterocycles. The van der Waals surface area contributed by atoms with Crippen LogP contribution in [0.5, 0.6) is 0 Å². The molecule has 3 aliphatic rings. The van der Waals surface area contributed by atoms with E-state index >= 15 is 0 Å². The van der Waals surface area contributed by atoms with E-state index in [1.165, 1.54) is 0 Å². The fraction of sp³-hybridized carbons (Fsp3) is 0.929. The number of ether oxygens (including phenoxy) is 1. The number of thioether (sulfide) groups is 1. The van der Waals surface area contributed by atoms with E-state index in [1.54, 1.807) is 0 Å². The van der Waals surface area contributed by atoms with Gasteiger partial charge < -0.3 is 4.74 Å². The van der Waals surface area contributed by atoms with Gasteiger partial charge in [0, 0.05) is 11.2 Å². The number of hydrogen-bond acceptors (Lipinski definition) is 3. The van der Waals surface area contributed by atoms with Gasteiger partial charge in [0.1, 0.15) is 5.60 Å². The molecule has 3 heterocycles. The molecule has 0 spiro atoms. The van der Waals surface area contributed by atoms with Crippen LogP contribution in [-0.2, 0) is 9.53 Å². The van der Waals surface area contributed by atoms with E-state index in [0.29, 0.717) is 34.2 Å². The van der Waals surface area contributed by atoms with Crippen LogP contribution in [0.1, 0.15) is 34.6 Å². The summed E-state index contributed by atoms with van der Waals surface area (Å²) >= 11 is 2.04. The molecule has 3 aliphatic heterocycles. The van der Waals surface area contributed by atoms with Gasteiger partial charge in [0.2, 0.25) is 0 Å². The van der Waals surface area contributed by atoms with Crippen molar-refractivity contribution in [3.05, 3.63) is 0 Å². The summed E-state index contributed by atoms with van der Waals surface area (Å²) in [7, 11) is 0. The molecule has 0 aromatic rings. The Kier molecular flexibility index (Phi) is 2.40. The minimum atomic E-state index is -0.184. The van der Waals surface area contributed by atoms with Crippen LogP contribution in [0, 0.1) is 29.6 Å². The lowest BCUT2D eigenvalue weighted by Crippen LogP contribution is -2.50. The summed E-state index contributed by atoms with van der Waals surface area (Å²) in [6.45, 7) is 11.2. The first-order valence-electron chi connectivity index (χ1n) is 6.76. The van der Waals surface area contributed by atoms with Gasteiger partial charge in [-0.1, -0.05) is 27.7 Å². The second-order valence-corrected chi connectivity index (χ2v) is 8.07. The van der Waals surface area contributed by atoms with Crippen molar-refractivity contribution in [3.8, 4) is 0 Å². The molecule has 0 radical (unpaired) electrons. The molecule has 6 atom stereocenters. The molecule has 3 rings (SSSR count). The Bertz CT molecular complexity index is 365. The lowest BCUT2D eigenvalue weighted by molar-refractivity contribution is -0.151. The molecular formula is C14H22O2S. The number of rotatable bonds is 2. The highest BCUT2D eigenvalue weighted by molar-refractivity contribution is 8.01. The molecule has 0 aromatic heterocycles. The van der Waals surface area contributed by atoms with E-state index in [0.717, 1.165) is 0 Å². The van der Waals surface area contributed by atoms with Crippen LogP contribution >= 0.6 is 11.8 Å². The molecule has 2 nitrogen and oxygen atoms in total. The standard InChI is InChI=1S/C14H22O2S/c1-6(2)8-9-12-14(5,16-13(9)15)10(7(3)4)11(8)17-12/h6-12H,1-5H3. The van der Waals surface area contributed by atoms with Crippen molar-refractivity contribution < 1.29 is 9.53 Å². The molecular weight excluding hydrogens is 232 g/mol. The zero-order valence-electron chi connectivity index (χ0n) is 11.3. The molecule has 3 heteroatoms. The summed E-state index contributed by atoms with van der Waals surface area (Å²) in [5, 5.41) is 1.04. The summed E-state index contributed by atoms with van der Waals surface area (Å²) in [4.78, 5) is 12.1. The highest BCUT2D eigenvalue weighted by Gasteiger charge is 2.73. The predicted octanol–water partition coefficient (Wildman–Crippen LogP) is 2.96. The van der Waals surface area contributed by atoms with Gasteiger partial charge in [0.15, 0.2) is 0 Å². The lowest BCUT2D eigenvalue weighted by atomic mass is 9.62. The van der Waals surface area contributed by atoms with Gasteiger partial charge in [0.05, 0.1) is 11.2 Å². The van der Waals surface area contributed by atoms with Gasteiger partial charge in [-0.25, -0.2) is 0 Å². The van der Waals surface area contributed by atoms with Gasteiger partial charge in [-0.15, -0.1) is 11.8 Å². The average Bonchev–Trinajstić information content (AvgIpc) is 2.72. The third-order valence-corrected chi connectivity index (χ3v) is 7.06. The monoisotopic (exact) mass is 254 g/mol. The summed E-state index contributed by atoms with van der Waals surface area (Å²) < 4.78 is 5.82. The van der Waals surface area contributed by atoms with E-state index in [1.807, 2.05) is 11.8 Å². The van der Waals surface area contributed by atoms with Gasteiger partial charge in [-0.05, 0) is 24.7 Å². The van der Waals surface area contributed by atoms with Crippen molar-refractivity contribution >= 4 is 17.7 Å². The van der Waals surface area contributed by atoms with Gasteiger partial charge >= 0.3 is 5.97 Å². The fourth-order valence-electron chi connectivity index (χ4n) is 4.61. The SMILES string of the molecule is CC(C)C1C2SC3C1C(=O)OC3(C)C2C(C)C. The number of carbonyl (C=O) groups is 1. The maximum absolute atomic E-state index is 12.1. The highest BCUT2D eigenvalue weighted by Crippen LogP contribution is 2.68.